The van der Waals surface area contributed by atoms with Gasteiger partial charge in [-0.1, -0.05) is 6.07 Å². The van der Waals surface area contributed by atoms with Gasteiger partial charge in [-0.25, -0.2) is 19.2 Å². The molecule has 56 heavy (non-hydrogen) atoms. The van der Waals surface area contributed by atoms with E-state index in [-0.39, 0.29) is 13.2 Å². The Balaban J connectivity index is 1.78. The second kappa shape index (κ2) is 25.7. The van der Waals surface area contributed by atoms with E-state index in [4.69, 9.17) is 29.2 Å². The third-order valence-electron chi connectivity index (χ3n) is 7.13. The molecule has 0 saturated heterocycles. The quantitative estimate of drug-likeness (QED) is 0.0499. The number of esters is 2. The maximum atomic E-state index is 12.6. The van der Waals surface area contributed by atoms with E-state index in [0.29, 0.717) is 23.0 Å². The number of benzene rings is 3. The van der Waals surface area contributed by atoms with E-state index >= 15 is 0 Å². The van der Waals surface area contributed by atoms with Crippen molar-refractivity contribution in [2.24, 2.45) is 0 Å². The lowest BCUT2D eigenvalue weighted by Crippen LogP contribution is -2.27. The molecule has 3 aromatic rings. The summed E-state index contributed by atoms with van der Waals surface area (Å²) in [6.07, 6.45) is 13.8. The fourth-order valence-electron chi connectivity index (χ4n) is 4.53. The van der Waals surface area contributed by atoms with Crippen LogP contribution in [-0.2, 0) is 28.7 Å². The van der Waals surface area contributed by atoms with Crippen LogP contribution in [0.5, 0.6) is 11.5 Å². The first kappa shape index (κ1) is 47.8. The molecule has 0 aliphatic rings. The van der Waals surface area contributed by atoms with Gasteiger partial charge in [-0.05, 0) is 73.9 Å². The molecule has 2 unspecified atom stereocenters. The largest absolute Gasteiger partial charge is 0.490 e. The van der Waals surface area contributed by atoms with Crippen LogP contribution >= 0.6 is 94.1 Å². The number of ether oxygens (including phenoxy) is 4. The van der Waals surface area contributed by atoms with Gasteiger partial charge in [0.2, 0.25) is 0 Å². The molecule has 10 nitrogen and oxygen atoms in total. The third kappa shape index (κ3) is 16.3. The van der Waals surface area contributed by atoms with Crippen molar-refractivity contribution in [3.8, 4) is 11.5 Å². The second-order valence-electron chi connectivity index (χ2n) is 10.9. The Bertz CT molecular complexity index is 1690. The zero-order valence-corrected chi connectivity index (χ0v) is 37.9. The summed E-state index contributed by atoms with van der Waals surface area (Å²) >= 11 is 12.9. The zero-order valence-electron chi connectivity index (χ0n) is 31.3. The molecule has 0 fully saturated rings. The standard InChI is InChI=1S/C38H42O10S8/c1-49-27-15-29(51-3)37(30(16-27)52-4)55-21-25(47-35(43)12-10-33(39)40)19-45-23-8-7-9-24(14-23)46-20-26(48-36(44)13-11-34(41)42)22-56-38-31(53-5)17-28(50-2)18-32(38)54-6/h7-18,25-26H,19-22H2,1-6H3,(H,39,40)(H,41,42)/b12-10+,13-11+. The zero-order chi connectivity index (χ0) is 41.0. The van der Waals surface area contributed by atoms with Crippen molar-refractivity contribution >= 4 is 118 Å². The number of carboxylic acids is 2. The molecular formula is C38H42O10S8. The van der Waals surface area contributed by atoms with Crippen molar-refractivity contribution in [1.82, 2.24) is 0 Å². The number of hydrogen-bond acceptors (Lipinski definition) is 16. The highest BCUT2D eigenvalue weighted by molar-refractivity contribution is 8.04. The van der Waals surface area contributed by atoms with Gasteiger partial charge < -0.3 is 29.2 Å². The van der Waals surface area contributed by atoms with Crippen molar-refractivity contribution < 1.29 is 48.3 Å². The fourth-order valence-corrected chi connectivity index (χ4v) is 11.6. The Hall–Kier alpha value is -2.58. The average Bonchev–Trinajstić information content (AvgIpc) is 3.20. The molecule has 18 heteroatoms. The molecule has 0 aliphatic carbocycles. The Labute approximate surface area is 361 Å². The van der Waals surface area contributed by atoms with Crippen molar-refractivity contribution in [2.45, 2.75) is 51.4 Å². The molecule has 3 rings (SSSR count). The van der Waals surface area contributed by atoms with Gasteiger partial charge in [-0.3, -0.25) is 0 Å². The molecular weight excluding hydrogens is 873 g/mol. The highest BCUT2D eigenvalue weighted by Crippen LogP contribution is 2.42. The van der Waals surface area contributed by atoms with Crippen LogP contribution in [0.4, 0.5) is 0 Å². The van der Waals surface area contributed by atoms with Crippen molar-refractivity contribution in [2.75, 3.05) is 62.3 Å². The lowest BCUT2D eigenvalue weighted by atomic mass is 10.3. The van der Waals surface area contributed by atoms with Crippen LogP contribution in [0.25, 0.3) is 0 Å². The Morgan fingerprint density at radius 2 is 0.911 bits per heavy atom. The van der Waals surface area contributed by atoms with Crippen LogP contribution in [0.1, 0.15) is 0 Å². The van der Waals surface area contributed by atoms with E-state index in [1.54, 1.807) is 94.8 Å². The Morgan fingerprint density at radius 1 is 0.554 bits per heavy atom. The summed E-state index contributed by atoms with van der Waals surface area (Å²) in [5.41, 5.74) is 0. The van der Waals surface area contributed by atoms with Crippen LogP contribution < -0.4 is 9.47 Å². The van der Waals surface area contributed by atoms with Crippen molar-refractivity contribution in [1.29, 1.82) is 0 Å². The SMILES string of the molecule is CSc1cc(SC)c(SCC(COc2cccc(OCC(CSc3c(SC)cc(SC)cc3SC)OC(=O)/C=C/C(=O)O)c2)OC(=O)/C=C/C(=O)O)c(SC)c1. The first-order valence-corrected chi connectivity index (χ1v) is 25.7. The first-order valence-electron chi connectivity index (χ1n) is 16.4. The topological polar surface area (TPSA) is 146 Å². The molecule has 3 aromatic carbocycles. The molecule has 0 amide bonds. The minimum Gasteiger partial charge on any atom is -0.490 e. The maximum Gasteiger partial charge on any atom is 0.331 e. The van der Waals surface area contributed by atoms with E-state index in [1.807, 2.05) is 37.5 Å². The van der Waals surface area contributed by atoms with Crippen LogP contribution in [0.3, 0.4) is 0 Å². The van der Waals surface area contributed by atoms with E-state index in [1.165, 1.54) is 23.5 Å². The molecule has 2 atom stereocenters. The highest BCUT2D eigenvalue weighted by atomic mass is 32.2. The molecule has 0 bridgehead atoms. The number of rotatable bonds is 24. The summed E-state index contributed by atoms with van der Waals surface area (Å²) < 4.78 is 23.5. The summed E-state index contributed by atoms with van der Waals surface area (Å²) in [6.45, 7) is -0.0697. The molecule has 0 radical (unpaired) electrons. The number of thioether (sulfide) groups is 8. The van der Waals surface area contributed by atoms with Gasteiger partial charge in [0.1, 0.15) is 36.9 Å². The molecule has 0 aromatic heterocycles. The molecule has 0 aliphatic heterocycles. The summed E-state index contributed by atoms with van der Waals surface area (Å²) in [5, 5.41) is 18.0. The van der Waals surface area contributed by atoms with E-state index < -0.39 is 36.1 Å². The lowest BCUT2D eigenvalue weighted by molar-refractivity contribution is -0.144. The van der Waals surface area contributed by atoms with E-state index in [9.17, 15) is 19.2 Å². The van der Waals surface area contributed by atoms with Crippen LogP contribution in [-0.4, -0.2) is 109 Å². The van der Waals surface area contributed by atoms with Gasteiger partial charge in [-0.15, -0.1) is 94.1 Å². The Morgan fingerprint density at radius 3 is 1.21 bits per heavy atom. The molecule has 0 heterocycles. The molecule has 302 valence electrons. The normalized spacial score (nSPS) is 12.4. The summed E-state index contributed by atoms with van der Waals surface area (Å²) in [5.74, 6) is -2.64. The average molecular weight is 915 g/mol. The minimum absolute atomic E-state index is 0.0349. The molecule has 2 N–H and O–H groups in total. The van der Waals surface area contributed by atoms with Gasteiger partial charge in [0.25, 0.3) is 0 Å². The monoisotopic (exact) mass is 914 g/mol. The summed E-state index contributed by atoms with van der Waals surface area (Å²) in [4.78, 5) is 55.9. The number of carboxylic acid groups (broad SMARTS) is 2. The van der Waals surface area contributed by atoms with Gasteiger partial charge in [0, 0.05) is 81.0 Å². The number of carbonyl (C=O) groups excluding carboxylic acids is 2. The number of aliphatic carboxylic acids is 2. The highest BCUT2D eigenvalue weighted by Gasteiger charge is 2.21. The van der Waals surface area contributed by atoms with Crippen molar-refractivity contribution in [3.63, 3.8) is 0 Å². The fraction of sp³-hybridized carbons (Fsp3) is 0.316. The molecule has 0 spiro atoms. The van der Waals surface area contributed by atoms with E-state index in [2.05, 4.69) is 24.3 Å². The summed E-state index contributed by atoms with van der Waals surface area (Å²) in [6, 6.07) is 15.3. The predicted molar refractivity (Wildman–Crippen MR) is 236 cm³/mol. The lowest BCUT2D eigenvalue weighted by Gasteiger charge is -2.21. The van der Waals surface area contributed by atoms with Crippen LogP contribution in [0, 0.1) is 0 Å². The summed E-state index contributed by atoms with van der Waals surface area (Å²) in [7, 11) is 0. The number of carbonyl (C=O) groups is 4. The van der Waals surface area contributed by atoms with Crippen molar-refractivity contribution in [3.05, 3.63) is 72.8 Å². The van der Waals surface area contributed by atoms with Gasteiger partial charge in [0.05, 0.1) is 0 Å². The predicted octanol–water partition coefficient (Wildman–Crippen LogP) is 9.47. The molecule has 0 saturated carbocycles. The second-order valence-corrected chi connectivity index (χ2v) is 18.1. The van der Waals surface area contributed by atoms with Gasteiger partial charge in [0.15, 0.2) is 0 Å². The first-order chi connectivity index (χ1) is 26.9. The Kier molecular flexibility index (Phi) is 21.9. The number of hydrogen-bond donors (Lipinski definition) is 2. The van der Waals surface area contributed by atoms with Gasteiger partial charge >= 0.3 is 23.9 Å². The van der Waals surface area contributed by atoms with Crippen LogP contribution in [0.15, 0.2) is 112 Å². The maximum absolute atomic E-state index is 12.6. The van der Waals surface area contributed by atoms with E-state index in [0.717, 1.165) is 63.5 Å². The van der Waals surface area contributed by atoms with Crippen LogP contribution in [0.2, 0.25) is 0 Å². The smallest absolute Gasteiger partial charge is 0.331 e. The third-order valence-corrected chi connectivity index (χ3v) is 14.6. The minimum atomic E-state index is -1.27. The van der Waals surface area contributed by atoms with Gasteiger partial charge in [-0.2, -0.15) is 0 Å².